The molecule has 3 nitrogen and oxygen atoms in total. The van der Waals surface area contributed by atoms with Crippen LogP contribution in [0.1, 0.15) is 18.5 Å². The summed E-state index contributed by atoms with van der Waals surface area (Å²) < 4.78 is 22.8. The van der Waals surface area contributed by atoms with Gasteiger partial charge in [0, 0.05) is 0 Å². The Kier molecular flexibility index (Phi) is 6.85. The van der Waals surface area contributed by atoms with Gasteiger partial charge in [0.25, 0.3) is 0 Å². The lowest BCUT2D eigenvalue weighted by Crippen LogP contribution is -2.12. The third kappa shape index (κ3) is 3.54. The molecule has 0 amide bonds. The largest absolute Gasteiger partial charge is 0.493 e. The van der Waals surface area contributed by atoms with Crippen LogP contribution in [0.25, 0.3) is 0 Å². The summed E-state index contributed by atoms with van der Waals surface area (Å²) in [7, 11) is 1.56. The molecule has 0 aliphatic carbocycles. The lowest BCUT2D eigenvalue weighted by molar-refractivity contribution is 0.310. The highest BCUT2D eigenvalue weighted by molar-refractivity contribution is 5.85. The van der Waals surface area contributed by atoms with E-state index in [0.29, 0.717) is 23.7 Å². The highest BCUT2D eigenvalue weighted by Gasteiger charge is 2.10. The zero-order valence-corrected chi connectivity index (χ0v) is 10.2. The Morgan fingerprint density at radius 3 is 2.56 bits per heavy atom. The molecular weight excluding hydrogens is 233 g/mol. The summed E-state index contributed by atoms with van der Waals surface area (Å²) in [5, 5.41) is 0. The molecule has 1 aromatic rings. The van der Waals surface area contributed by atoms with E-state index in [1.54, 1.807) is 25.3 Å². The van der Waals surface area contributed by atoms with Gasteiger partial charge < -0.3 is 15.2 Å². The molecule has 1 atom stereocenters. The summed E-state index contributed by atoms with van der Waals surface area (Å²) in [6, 6.07) is 4.59. The van der Waals surface area contributed by atoms with Crippen LogP contribution in [0.5, 0.6) is 11.5 Å². The molecule has 16 heavy (non-hydrogen) atoms. The van der Waals surface area contributed by atoms with Crippen molar-refractivity contribution >= 4 is 12.4 Å². The molecule has 0 aliphatic heterocycles. The molecular formula is C11H17ClFNO2. The Bertz CT molecular complexity index is 323. The molecule has 0 aromatic heterocycles. The summed E-state index contributed by atoms with van der Waals surface area (Å²) in [5.41, 5.74) is 6.29. The molecule has 0 unspecified atom stereocenters. The highest BCUT2D eigenvalue weighted by Crippen LogP contribution is 2.29. The molecule has 0 heterocycles. The number of ether oxygens (including phenoxy) is 2. The normalized spacial score (nSPS) is 11.5. The van der Waals surface area contributed by atoms with E-state index < -0.39 is 12.7 Å². The second kappa shape index (κ2) is 7.30. The van der Waals surface area contributed by atoms with Crippen LogP contribution in [-0.4, -0.2) is 20.4 Å². The molecule has 5 heteroatoms. The van der Waals surface area contributed by atoms with Gasteiger partial charge in [0.2, 0.25) is 0 Å². The van der Waals surface area contributed by atoms with Crippen LogP contribution in [0, 0.1) is 0 Å². The van der Waals surface area contributed by atoms with E-state index >= 15 is 0 Å². The van der Waals surface area contributed by atoms with Crippen molar-refractivity contribution < 1.29 is 13.9 Å². The molecule has 92 valence electrons. The summed E-state index contributed by atoms with van der Waals surface area (Å²) in [4.78, 5) is 0. The third-order valence-electron chi connectivity index (χ3n) is 2.08. The second-order valence-corrected chi connectivity index (χ2v) is 3.10. The van der Waals surface area contributed by atoms with Crippen molar-refractivity contribution in [3.8, 4) is 11.5 Å². The number of rotatable bonds is 5. The van der Waals surface area contributed by atoms with Gasteiger partial charge in [0.1, 0.15) is 6.67 Å². The van der Waals surface area contributed by atoms with Gasteiger partial charge in [0.15, 0.2) is 11.5 Å². The van der Waals surface area contributed by atoms with Gasteiger partial charge in [-0.05, 0) is 24.6 Å². The van der Waals surface area contributed by atoms with Crippen molar-refractivity contribution in [1.82, 2.24) is 0 Å². The van der Waals surface area contributed by atoms with Crippen molar-refractivity contribution in [2.45, 2.75) is 13.0 Å². The fraction of sp³-hybridized carbons (Fsp3) is 0.455. The first-order chi connectivity index (χ1) is 7.22. The van der Waals surface area contributed by atoms with Gasteiger partial charge in [-0.2, -0.15) is 0 Å². The Hall–Kier alpha value is -1.00. The van der Waals surface area contributed by atoms with Crippen LogP contribution in [-0.2, 0) is 0 Å². The standard InChI is InChI=1S/C11H16FNO2.ClH/c1-3-15-11-6-8(9(13)7-12)4-5-10(11)14-2;/h4-6,9H,3,7,13H2,1-2H3;1H/t9-;/m0./s1. The molecule has 0 bridgehead atoms. The number of methoxy groups -OCH3 is 1. The van der Waals surface area contributed by atoms with E-state index in [2.05, 4.69) is 0 Å². The summed E-state index contributed by atoms with van der Waals surface area (Å²) in [6.07, 6.45) is 0. The van der Waals surface area contributed by atoms with Gasteiger partial charge in [0.05, 0.1) is 19.8 Å². The van der Waals surface area contributed by atoms with Crippen LogP contribution in [0.3, 0.4) is 0 Å². The number of nitrogens with two attached hydrogens (primary N) is 1. The molecule has 0 fully saturated rings. The summed E-state index contributed by atoms with van der Waals surface area (Å²) in [6.45, 7) is 1.82. The topological polar surface area (TPSA) is 44.5 Å². The zero-order chi connectivity index (χ0) is 11.3. The molecule has 1 aromatic carbocycles. The van der Waals surface area contributed by atoms with E-state index in [1.165, 1.54) is 0 Å². The van der Waals surface area contributed by atoms with E-state index in [0.717, 1.165) is 0 Å². The molecule has 0 saturated carbocycles. The Balaban J connectivity index is 0.00000225. The number of halogens is 2. The van der Waals surface area contributed by atoms with Gasteiger partial charge >= 0.3 is 0 Å². The van der Waals surface area contributed by atoms with Gasteiger partial charge in [-0.15, -0.1) is 12.4 Å². The van der Waals surface area contributed by atoms with Gasteiger partial charge in [-0.1, -0.05) is 6.07 Å². The Labute approximate surface area is 101 Å². The fourth-order valence-electron chi connectivity index (χ4n) is 1.28. The zero-order valence-electron chi connectivity index (χ0n) is 9.40. The summed E-state index contributed by atoms with van der Waals surface area (Å²) in [5.74, 6) is 1.23. The smallest absolute Gasteiger partial charge is 0.161 e. The number of alkyl halides is 1. The van der Waals surface area contributed by atoms with E-state index in [-0.39, 0.29) is 12.4 Å². The Morgan fingerprint density at radius 1 is 1.38 bits per heavy atom. The summed E-state index contributed by atoms with van der Waals surface area (Å²) >= 11 is 0. The van der Waals surface area contributed by atoms with Crippen molar-refractivity contribution in [3.63, 3.8) is 0 Å². The van der Waals surface area contributed by atoms with E-state index in [9.17, 15) is 4.39 Å². The minimum Gasteiger partial charge on any atom is -0.493 e. The molecule has 0 radical (unpaired) electrons. The monoisotopic (exact) mass is 249 g/mol. The van der Waals surface area contributed by atoms with Crippen LogP contribution in [0.15, 0.2) is 18.2 Å². The maximum atomic E-state index is 12.4. The molecule has 2 N–H and O–H groups in total. The first-order valence-electron chi connectivity index (χ1n) is 4.85. The highest BCUT2D eigenvalue weighted by atomic mass is 35.5. The predicted octanol–water partition coefficient (Wildman–Crippen LogP) is 2.49. The average Bonchev–Trinajstić information content (AvgIpc) is 2.28. The quantitative estimate of drug-likeness (QED) is 0.872. The lowest BCUT2D eigenvalue weighted by Gasteiger charge is -2.13. The Morgan fingerprint density at radius 2 is 2.06 bits per heavy atom. The predicted molar refractivity (Wildman–Crippen MR) is 64.3 cm³/mol. The van der Waals surface area contributed by atoms with Gasteiger partial charge in [-0.3, -0.25) is 0 Å². The van der Waals surface area contributed by atoms with E-state index in [4.69, 9.17) is 15.2 Å². The first kappa shape index (κ1) is 15.0. The molecule has 0 aliphatic rings. The average molecular weight is 250 g/mol. The lowest BCUT2D eigenvalue weighted by atomic mass is 10.1. The minimum absolute atomic E-state index is 0. The minimum atomic E-state index is -0.602. The van der Waals surface area contributed by atoms with Crippen molar-refractivity contribution in [2.24, 2.45) is 5.73 Å². The van der Waals surface area contributed by atoms with Crippen LogP contribution in [0.4, 0.5) is 4.39 Å². The van der Waals surface area contributed by atoms with Gasteiger partial charge in [-0.25, -0.2) is 4.39 Å². The van der Waals surface area contributed by atoms with Crippen molar-refractivity contribution in [3.05, 3.63) is 23.8 Å². The van der Waals surface area contributed by atoms with Crippen LogP contribution >= 0.6 is 12.4 Å². The van der Waals surface area contributed by atoms with Crippen molar-refractivity contribution in [2.75, 3.05) is 20.4 Å². The number of hydrogen-bond acceptors (Lipinski definition) is 3. The molecule has 0 saturated heterocycles. The van der Waals surface area contributed by atoms with Crippen LogP contribution < -0.4 is 15.2 Å². The van der Waals surface area contributed by atoms with E-state index in [1.807, 2.05) is 6.92 Å². The fourth-order valence-corrected chi connectivity index (χ4v) is 1.28. The maximum Gasteiger partial charge on any atom is 0.161 e. The second-order valence-electron chi connectivity index (χ2n) is 3.10. The number of hydrogen-bond donors (Lipinski definition) is 1. The van der Waals surface area contributed by atoms with Crippen LogP contribution in [0.2, 0.25) is 0 Å². The first-order valence-corrected chi connectivity index (χ1v) is 4.85. The maximum absolute atomic E-state index is 12.4. The third-order valence-corrected chi connectivity index (χ3v) is 2.08. The van der Waals surface area contributed by atoms with Crippen molar-refractivity contribution in [1.29, 1.82) is 0 Å². The number of benzene rings is 1. The molecule has 0 spiro atoms. The SMILES string of the molecule is CCOc1cc([C@@H](N)CF)ccc1OC.Cl. The molecule has 1 rings (SSSR count).